The molecular weight excluding hydrogens is 242 g/mol. The number of piperazine rings is 1. The fourth-order valence-electron chi connectivity index (χ4n) is 3.10. The highest BCUT2D eigenvalue weighted by atomic mass is 16.4. The largest absolute Gasteiger partial charge is 0.455 e. The Hall–Kier alpha value is -1.33. The Morgan fingerprint density at radius 1 is 1.32 bits per heavy atom. The van der Waals surface area contributed by atoms with Gasteiger partial charge in [-0.25, -0.2) is 0 Å². The number of hydrogen-bond acceptors (Lipinski definition) is 4. The summed E-state index contributed by atoms with van der Waals surface area (Å²) in [5, 5.41) is 0. The van der Waals surface area contributed by atoms with Crippen molar-refractivity contribution < 1.29 is 9.21 Å². The van der Waals surface area contributed by atoms with Crippen LogP contribution in [0, 0.1) is 0 Å². The highest BCUT2D eigenvalue weighted by Crippen LogP contribution is 2.22. The molecule has 1 aromatic heterocycles. The van der Waals surface area contributed by atoms with Crippen LogP contribution in [-0.4, -0.2) is 47.9 Å². The summed E-state index contributed by atoms with van der Waals surface area (Å²) < 4.78 is 5.45. The third-order valence-corrected chi connectivity index (χ3v) is 4.20. The first-order valence-electron chi connectivity index (χ1n) is 7.10. The Balaban J connectivity index is 1.67. The molecule has 104 valence electrons. The zero-order chi connectivity index (χ0) is 13.2. The van der Waals surface area contributed by atoms with Crippen LogP contribution in [0.2, 0.25) is 0 Å². The molecule has 1 unspecified atom stereocenters. The predicted octanol–water partition coefficient (Wildman–Crippen LogP) is 1.05. The van der Waals surface area contributed by atoms with E-state index in [1.807, 2.05) is 4.90 Å². The van der Waals surface area contributed by atoms with E-state index in [9.17, 15) is 4.79 Å². The van der Waals surface area contributed by atoms with E-state index in [1.54, 1.807) is 12.1 Å². The summed E-state index contributed by atoms with van der Waals surface area (Å²) in [4.78, 5) is 16.8. The second-order valence-electron chi connectivity index (χ2n) is 5.41. The molecule has 0 aliphatic carbocycles. The first kappa shape index (κ1) is 12.7. The minimum Gasteiger partial charge on any atom is -0.455 e. The molecule has 0 radical (unpaired) electrons. The van der Waals surface area contributed by atoms with Crippen LogP contribution in [0.5, 0.6) is 0 Å². The van der Waals surface area contributed by atoms with Gasteiger partial charge in [-0.2, -0.15) is 0 Å². The molecule has 1 amide bonds. The number of furan rings is 1. The molecule has 0 aromatic carbocycles. The first-order valence-corrected chi connectivity index (χ1v) is 7.10. The standard InChI is InChI=1S/C14H21N3O2/c15-9-12-4-5-13(19-12)14(18)17-8-7-16-6-2-1-3-11(16)10-17/h4-5,11H,1-3,6-10,15H2. The van der Waals surface area contributed by atoms with E-state index < -0.39 is 0 Å². The average Bonchev–Trinajstić information content (AvgIpc) is 2.95. The lowest BCUT2D eigenvalue weighted by Gasteiger charge is -2.43. The van der Waals surface area contributed by atoms with Gasteiger partial charge in [-0.3, -0.25) is 9.69 Å². The van der Waals surface area contributed by atoms with Crippen LogP contribution in [0.25, 0.3) is 0 Å². The van der Waals surface area contributed by atoms with Crippen molar-refractivity contribution in [2.24, 2.45) is 5.73 Å². The lowest BCUT2D eigenvalue weighted by atomic mass is 9.99. The number of carbonyl (C=O) groups is 1. The van der Waals surface area contributed by atoms with Gasteiger partial charge in [0.05, 0.1) is 6.54 Å². The smallest absolute Gasteiger partial charge is 0.289 e. The molecule has 5 nitrogen and oxygen atoms in total. The fourth-order valence-corrected chi connectivity index (χ4v) is 3.10. The van der Waals surface area contributed by atoms with Crippen LogP contribution < -0.4 is 5.73 Å². The van der Waals surface area contributed by atoms with E-state index in [4.69, 9.17) is 10.2 Å². The summed E-state index contributed by atoms with van der Waals surface area (Å²) in [6, 6.07) is 4.05. The van der Waals surface area contributed by atoms with Crippen molar-refractivity contribution in [1.29, 1.82) is 0 Å². The summed E-state index contributed by atoms with van der Waals surface area (Å²) in [6.07, 6.45) is 3.78. The molecule has 19 heavy (non-hydrogen) atoms. The maximum absolute atomic E-state index is 12.4. The Bertz CT molecular complexity index is 457. The van der Waals surface area contributed by atoms with E-state index in [-0.39, 0.29) is 5.91 Å². The highest BCUT2D eigenvalue weighted by Gasteiger charge is 2.32. The van der Waals surface area contributed by atoms with E-state index in [0.717, 1.165) is 19.6 Å². The average molecular weight is 263 g/mol. The third kappa shape index (κ3) is 2.53. The van der Waals surface area contributed by atoms with Gasteiger partial charge in [-0.15, -0.1) is 0 Å². The fraction of sp³-hybridized carbons (Fsp3) is 0.643. The number of piperidine rings is 1. The van der Waals surface area contributed by atoms with E-state index in [1.165, 1.54) is 25.8 Å². The number of carbonyl (C=O) groups excluding carboxylic acids is 1. The molecule has 2 N–H and O–H groups in total. The maximum atomic E-state index is 12.4. The molecule has 1 aromatic rings. The van der Waals surface area contributed by atoms with E-state index in [0.29, 0.717) is 24.1 Å². The zero-order valence-electron chi connectivity index (χ0n) is 11.2. The molecule has 3 rings (SSSR count). The lowest BCUT2D eigenvalue weighted by molar-refractivity contribution is 0.0349. The lowest BCUT2D eigenvalue weighted by Crippen LogP contribution is -2.56. The predicted molar refractivity (Wildman–Crippen MR) is 71.7 cm³/mol. The first-order chi connectivity index (χ1) is 9.28. The van der Waals surface area contributed by atoms with Crippen molar-refractivity contribution in [2.45, 2.75) is 31.8 Å². The molecule has 2 fully saturated rings. The molecule has 3 heterocycles. The summed E-state index contributed by atoms with van der Waals surface area (Å²) >= 11 is 0. The Kier molecular flexibility index (Phi) is 3.57. The molecule has 2 saturated heterocycles. The van der Waals surface area contributed by atoms with Gasteiger partial charge in [-0.1, -0.05) is 6.42 Å². The van der Waals surface area contributed by atoms with Gasteiger partial charge in [-0.05, 0) is 31.5 Å². The van der Waals surface area contributed by atoms with Crippen molar-refractivity contribution in [3.63, 3.8) is 0 Å². The second-order valence-corrected chi connectivity index (χ2v) is 5.41. The Morgan fingerprint density at radius 2 is 2.21 bits per heavy atom. The van der Waals surface area contributed by atoms with Crippen molar-refractivity contribution in [1.82, 2.24) is 9.80 Å². The van der Waals surface area contributed by atoms with Gasteiger partial charge in [0, 0.05) is 25.7 Å². The zero-order valence-corrected chi connectivity index (χ0v) is 11.2. The molecule has 2 aliphatic heterocycles. The Labute approximate surface area is 113 Å². The highest BCUT2D eigenvalue weighted by molar-refractivity contribution is 5.91. The number of fused-ring (bicyclic) bond motifs is 1. The molecular formula is C14H21N3O2. The summed E-state index contributed by atoms with van der Waals surface area (Å²) in [5.41, 5.74) is 5.50. The van der Waals surface area contributed by atoms with Gasteiger partial charge >= 0.3 is 0 Å². The van der Waals surface area contributed by atoms with Gasteiger partial charge < -0.3 is 15.1 Å². The number of hydrogen-bond donors (Lipinski definition) is 1. The van der Waals surface area contributed by atoms with Crippen LogP contribution in [0.1, 0.15) is 35.6 Å². The van der Waals surface area contributed by atoms with Crippen molar-refractivity contribution >= 4 is 5.91 Å². The number of nitrogens with zero attached hydrogens (tertiary/aromatic N) is 2. The second kappa shape index (κ2) is 5.35. The van der Waals surface area contributed by atoms with Crippen LogP contribution in [0.3, 0.4) is 0 Å². The molecule has 0 bridgehead atoms. The quantitative estimate of drug-likeness (QED) is 0.866. The molecule has 5 heteroatoms. The minimum absolute atomic E-state index is 0.00456. The van der Waals surface area contributed by atoms with Crippen LogP contribution in [0.4, 0.5) is 0 Å². The van der Waals surface area contributed by atoms with Gasteiger partial charge in [0.15, 0.2) is 5.76 Å². The summed E-state index contributed by atoms with van der Waals surface area (Å²) in [7, 11) is 0. The Morgan fingerprint density at radius 3 is 3.00 bits per heavy atom. The van der Waals surface area contributed by atoms with Crippen molar-refractivity contribution in [2.75, 3.05) is 26.2 Å². The van der Waals surface area contributed by atoms with Crippen molar-refractivity contribution in [3.05, 3.63) is 23.7 Å². The number of amides is 1. The maximum Gasteiger partial charge on any atom is 0.289 e. The third-order valence-electron chi connectivity index (χ3n) is 4.20. The SMILES string of the molecule is NCc1ccc(C(=O)N2CCN3CCCCC3C2)o1. The summed E-state index contributed by atoms with van der Waals surface area (Å²) in [6.45, 7) is 4.14. The molecule has 0 spiro atoms. The normalized spacial score (nSPS) is 24.3. The number of nitrogens with two attached hydrogens (primary N) is 1. The number of rotatable bonds is 2. The monoisotopic (exact) mass is 263 g/mol. The van der Waals surface area contributed by atoms with E-state index in [2.05, 4.69) is 4.90 Å². The van der Waals surface area contributed by atoms with Gasteiger partial charge in [0.25, 0.3) is 5.91 Å². The van der Waals surface area contributed by atoms with Crippen LogP contribution in [-0.2, 0) is 6.54 Å². The topological polar surface area (TPSA) is 62.7 Å². The van der Waals surface area contributed by atoms with E-state index >= 15 is 0 Å². The molecule has 1 atom stereocenters. The molecule has 2 aliphatic rings. The summed E-state index contributed by atoms with van der Waals surface area (Å²) in [5.74, 6) is 1.09. The van der Waals surface area contributed by atoms with Crippen molar-refractivity contribution in [3.8, 4) is 0 Å². The van der Waals surface area contributed by atoms with Crippen LogP contribution in [0.15, 0.2) is 16.5 Å². The van der Waals surface area contributed by atoms with Gasteiger partial charge in [0.1, 0.15) is 5.76 Å². The van der Waals surface area contributed by atoms with Crippen LogP contribution >= 0.6 is 0 Å². The van der Waals surface area contributed by atoms with Gasteiger partial charge in [0.2, 0.25) is 0 Å². The minimum atomic E-state index is 0.00456. The molecule has 0 saturated carbocycles.